The highest BCUT2D eigenvalue weighted by Crippen LogP contribution is 2.26. The Morgan fingerprint density at radius 2 is 1.52 bits per heavy atom. The first kappa shape index (κ1) is 27.6. The lowest BCUT2D eigenvalue weighted by molar-refractivity contribution is -0.117. The van der Waals surface area contributed by atoms with Crippen LogP contribution in [0, 0.1) is 13.8 Å². The first-order valence-electron chi connectivity index (χ1n) is 11.7. The lowest BCUT2D eigenvalue weighted by Gasteiger charge is -2.27. The number of rotatable bonds is 13. The zero-order valence-corrected chi connectivity index (χ0v) is 21.7. The minimum atomic E-state index is -0.473. The van der Waals surface area contributed by atoms with Gasteiger partial charge in [0.2, 0.25) is 5.91 Å². The van der Waals surface area contributed by atoms with Gasteiger partial charge in [0, 0.05) is 35.4 Å². The lowest BCUT2D eigenvalue weighted by Crippen LogP contribution is -2.41. The van der Waals surface area contributed by atoms with Gasteiger partial charge < -0.3 is 10.4 Å². The third kappa shape index (κ3) is 8.91. The number of hydrogen-bond donors (Lipinski definition) is 2. The minimum Gasteiger partial charge on any atom is -0.392 e. The van der Waals surface area contributed by atoms with Gasteiger partial charge in [0.05, 0.1) is 12.6 Å². The number of halogens is 2. The summed E-state index contributed by atoms with van der Waals surface area (Å²) in [5, 5.41) is 14.9. The maximum atomic E-state index is 12.6. The molecule has 0 bridgehead atoms. The van der Waals surface area contributed by atoms with Gasteiger partial charge in [-0.25, -0.2) is 0 Å². The Labute approximate surface area is 208 Å². The van der Waals surface area contributed by atoms with Crippen LogP contribution in [0.2, 0.25) is 10.0 Å². The summed E-state index contributed by atoms with van der Waals surface area (Å²) < 4.78 is 0. The average Bonchev–Trinajstić information content (AvgIpc) is 2.77. The van der Waals surface area contributed by atoms with Crippen molar-refractivity contribution in [2.24, 2.45) is 0 Å². The smallest absolute Gasteiger partial charge is 0.238 e. The highest BCUT2D eigenvalue weighted by molar-refractivity contribution is 6.35. The molecule has 33 heavy (non-hydrogen) atoms. The number of benzene rings is 2. The topological polar surface area (TPSA) is 55.8 Å². The van der Waals surface area contributed by atoms with Crippen LogP contribution in [0.1, 0.15) is 37.0 Å². The van der Waals surface area contributed by atoms with E-state index in [1.807, 2.05) is 50.2 Å². The molecule has 1 atom stereocenters. The molecule has 0 spiro atoms. The number of nitrogens with one attached hydrogen (secondary N) is 1. The van der Waals surface area contributed by atoms with Crippen molar-refractivity contribution in [3.63, 3.8) is 0 Å². The fraction of sp³-hybridized carbons (Fsp3) is 0.500. The van der Waals surface area contributed by atoms with E-state index in [1.165, 1.54) is 0 Å². The number of aliphatic hydroxyl groups excluding tert-OH is 1. The molecule has 0 heterocycles. The first-order chi connectivity index (χ1) is 15.7. The summed E-state index contributed by atoms with van der Waals surface area (Å²) in [6.07, 6.45) is 0.756. The Bertz CT molecular complexity index is 867. The highest BCUT2D eigenvalue weighted by atomic mass is 35.5. The molecular formula is C26H37Cl2N3O2. The third-order valence-electron chi connectivity index (χ3n) is 6.00. The highest BCUT2D eigenvalue weighted by Gasteiger charge is 2.16. The van der Waals surface area contributed by atoms with Crippen molar-refractivity contribution < 1.29 is 9.90 Å². The molecule has 1 amide bonds. The molecule has 2 N–H and O–H groups in total. The number of amides is 1. The number of hydrogen-bond acceptors (Lipinski definition) is 4. The predicted octanol–water partition coefficient (Wildman–Crippen LogP) is 5.19. The van der Waals surface area contributed by atoms with E-state index in [1.54, 1.807) is 0 Å². The number of anilines is 1. The van der Waals surface area contributed by atoms with Gasteiger partial charge in [-0.3, -0.25) is 14.6 Å². The van der Waals surface area contributed by atoms with E-state index < -0.39 is 6.10 Å². The van der Waals surface area contributed by atoms with Gasteiger partial charge in [-0.05, 0) is 68.6 Å². The number of likely N-dealkylation sites (N-methyl/N-ethyl adjacent to an activating group) is 2. The fourth-order valence-electron chi connectivity index (χ4n) is 3.88. The van der Waals surface area contributed by atoms with Gasteiger partial charge in [-0.15, -0.1) is 0 Å². The monoisotopic (exact) mass is 493 g/mol. The maximum Gasteiger partial charge on any atom is 0.238 e. The molecule has 0 aliphatic rings. The van der Waals surface area contributed by atoms with E-state index in [9.17, 15) is 9.90 Å². The van der Waals surface area contributed by atoms with Crippen LogP contribution in [0.25, 0.3) is 0 Å². The van der Waals surface area contributed by atoms with Gasteiger partial charge >= 0.3 is 0 Å². The van der Waals surface area contributed by atoms with Crippen LogP contribution in [0.3, 0.4) is 0 Å². The molecule has 2 aromatic carbocycles. The quantitative estimate of drug-likeness (QED) is 0.403. The Morgan fingerprint density at radius 1 is 0.970 bits per heavy atom. The minimum absolute atomic E-state index is 0.00560. The van der Waals surface area contributed by atoms with Crippen molar-refractivity contribution in [3.05, 3.63) is 63.1 Å². The van der Waals surface area contributed by atoms with Crippen molar-refractivity contribution in [2.45, 2.75) is 46.6 Å². The molecule has 0 fully saturated rings. The van der Waals surface area contributed by atoms with Crippen molar-refractivity contribution in [3.8, 4) is 0 Å². The van der Waals surface area contributed by atoms with Gasteiger partial charge in [0.15, 0.2) is 0 Å². The largest absolute Gasteiger partial charge is 0.392 e. The number of para-hydroxylation sites is 1. The molecule has 182 valence electrons. The Balaban J connectivity index is 1.81. The molecule has 0 aromatic heterocycles. The van der Waals surface area contributed by atoms with Crippen LogP contribution in [0.5, 0.6) is 0 Å². The first-order valence-corrected chi connectivity index (χ1v) is 12.4. The summed E-state index contributed by atoms with van der Waals surface area (Å²) in [7, 11) is 0. The van der Waals surface area contributed by atoms with Crippen LogP contribution in [0.15, 0.2) is 36.4 Å². The maximum absolute atomic E-state index is 12.6. The van der Waals surface area contributed by atoms with E-state index in [-0.39, 0.29) is 5.91 Å². The van der Waals surface area contributed by atoms with E-state index in [2.05, 4.69) is 29.0 Å². The van der Waals surface area contributed by atoms with Gasteiger partial charge in [0.25, 0.3) is 0 Å². The van der Waals surface area contributed by atoms with Gasteiger partial charge in [-0.1, -0.05) is 61.3 Å². The molecule has 0 saturated carbocycles. The van der Waals surface area contributed by atoms with E-state index in [4.69, 9.17) is 23.2 Å². The second-order valence-electron chi connectivity index (χ2n) is 8.47. The van der Waals surface area contributed by atoms with Crippen LogP contribution in [-0.2, 0) is 11.2 Å². The van der Waals surface area contributed by atoms with Crippen molar-refractivity contribution in [1.82, 2.24) is 9.80 Å². The molecule has 0 saturated heterocycles. The summed E-state index contributed by atoms with van der Waals surface area (Å²) in [5.74, 6) is -0.00560. The SMILES string of the molecule is CCN(CCN(CC)CC(O)CCc1c(Cl)cccc1Cl)CC(=O)Nc1c(C)cccc1C. The molecule has 7 heteroatoms. The molecule has 1 unspecified atom stereocenters. The summed E-state index contributed by atoms with van der Waals surface area (Å²) in [6, 6.07) is 11.5. The van der Waals surface area contributed by atoms with Crippen LogP contribution in [0.4, 0.5) is 5.69 Å². The number of nitrogens with zero attached hydrogens (tertiary/aromatic N) is 2. The summed E-state index contributed by atoms with van der Waals surface area (Å²) in [4.78, 5) is 17.0. The predicted molar refractivity (Wildman–Crippen MR) is 140 cm³/mol. The zero-order chi connectivity index (χ0) is 24.4. The van der Waals surface area contributed by atoms with Crippen molar-refractivity contribution >= 4 is 34.8 Å². The summed E-state index contributed by atoms with van der Waals surface area (Å²) in [5.41, 5.74) is 3.91. The van der Waals surface area contributed by atoms with E-state index >= 15 is 0 Å². The van der Waals surface area contributed by atoms with Crippen LogP contribution < -0.4 is 5.32 Å². The molecule has 0 radical (unpaired) electrons. The number of aliphatic hydroxyl groups is 1. The molecule has 0 aliphatic carbocycles. The number of carbonyl (C=O) groups is 1. The zero-order valence-electron chi connectivity index (χ0n) is 20.2. The number of aryl methyl sites for hydroxylation is 2. The Kier molecular flexibility index (Phi) is 11.7. The normalized spacial score (nSPS) is 12.4. The average molecular weight is 495 g/mol. The van der Waals surface area contributed by atoms with Gasteiger partial charge in [-0.2, -0.15) is 0 Å². The second-order valence-corrected chi connectivity index (χ2v) is 9.28. The van der Waals surface area contributed by atoms with E-state index in [0.717, 1.165) is 48.6 Å². The number of carbonyl (C=O) groups excluding carboxylic acids is 1. The summed E-state index contributed by atoms with van der Waals surface area (Å²) >= 11 is 12.5. The molecule has 0 aliphatic heterocycles. The third-order valence-corrected chi connectivity index (χ3v) is 6.71. The lowest BCUT2D eigenvalue weighted by atomic mass is 10.1. The molecule has 2 rings (SSSR count). The van der Waals surface area contributed by atoms with Crippen LogP contribution in [-0.4, -0.2) is 66.2 Å². The summed E-state index contributed by atoms with van der Waals surface area (Å²) in [6.45, 7) is 12.2. The molecule has 5 nitrogen and oxygen atoms in total. The van der Waals surface area contributed by atoms with Gasteiger partial charge in [0.1, 0.15) is 0 Å². The van der Waals surface area contributed by atoms with E-state index in [0.29, 0.717) is 36.0 Å². The Hall–Kier alpha value is -1.63. The second kappa shape index (κ2) is 13.9. The van der Waals surface area contributed by atoms with Crippen molar-refractivity contribution in [2.75, 3.05) is 44.6 Å². The molecular weight excluding hydrogens is 457 g/mol. The molecule has 2 aromatic rings. The van der Waals surface area contributed by atoms with Crippen molar-refractivity contribution in [1.29, 1.82) is 0 Å². The fourth-order valence-corrected chi connectivity index (χ4v) is 4.46. The van der Waals surface area contributed by atoms with Crippen LogP contribution >= 0.6 is 23.2 Å². The Morgan fingerprint density at radius 3 is 2.09 bits per heavy atom. The standard InChI is InChI=1S/C26H37Cl2N3O2/c1-5-30(17-21(32)13-14-22-23(27)11-8-12-24(22)28)15-16-31(6-2)18-25(33)29-26-19(3)9-7-10-20(26)4/h7-12,21,32H,5-6,13-18H2,1-4H3,(H,29,33).